The second-order valence-electron chi connectivity index (χ2n) is 4.93. The number of hydrogen-bond acceptors (Lipinski definition) is 5. The fraction of sp³-hybridized carbons (Fsp3) is 0.714. The van der Waals surface area contributed by atoms with E-state index in [1.54, 1.807) is 11.3 Å². The normalized spacial score (nSPS) is 10.8. The quantitative estimate of drug-likeness (QED) is 0.685. The first kappa shape index (κ1) is 16.9. The maximum absolute atomic E-state index is 11.5. The zero-order chi connectivity index (χ0) is 15.0. The van der Waals surface area contributed by atoms with Gasteiger partial charge in [0.05, 0.1) is 0 Å². The number of thiazole rings is 1. The lowest BCUT2D eigenvalue weighted by Gasteiger charge is -2.16. The molecule has 1 heterocycles. The zero-order valence-electron chi connectivity index (χ0n) is 12.9. The van der Waals surface area contributed by atoms with Crippen LogP contribution in [0.2, 0.25) is 0 Å². The summed E-state index contributed by atoms with van der Waals surface area (Å²) in [6.07, 6.45) is 2.43. The number of carbonyl (C=O) groups excluding carboxylic acids is 1. The molecule has 0 aliphatic rings. The molecule has 0 atom stereocenters. The SMILES string of the molecule is CCN(CC)c1ncc(CNCCC(=O)NC(C)C)s1. The Labute approximate surface area is 125 Å². The molecule has 1 rings (SSSR count). The lowest BCUT2D eigenvalue weighted by atomic mass is 10.3. The van der Waals surface area contributed by atoms with Crippen molar-refractivity contribution in [3.63, 3.8) is 0 Å². The molecule has 0 radical (unpaired) electrons. The molecule has 1 aromatic heterocycles. The molecule has 0 spiro atoms. The molecule has 0 aliphatic heterocycles. The van der Waals surface area contributed by atoms with E-state index in [1.807, 2.05) is 20.0 Å². The summed E-state index contributed by atoms with van der Waals surface area (Å²) < 4.78 is 0. The monoisotopic (exact) mass is 298 g/mol. The summed E-state index contributed by atoms with van der Waals surface area (Å²) in [7, 11) is 0. The van der Waals surface area contributed by atoms with Crippen LogP contribution in [0, 0.1) is 0 Å². The van der Waals surface area contributed by atoms with Gasteiger partial charge < -0.3 is 15.5 Å². The molecule has 5 nitrogen and oxygen atoms in total. The fourth-order valence-electron chi connectivity index (χ4n) is 1.83. The van der Waals surface area contributed by atoms with E-state index in [9.17, 15) is 4.79 Å². The summed E-state index contributed by atoms with van der Waals surface area (Å²) in [5.41, 5.74) is 0. The standard InChI is InChI=1S/C14H26N4OS/c1-5-18(6-2)14-16-10-12(20-14)9-15-8-7-13(19)17-11(3)4/h10-11,15H,5-9H2,1-4H3,(H,17,19). The van der Waals surface area contributed by atoms with E-state index >= 15 is 0 Å². The smallest absolute Gasteiger partial charge is 0.221 e. The van der Waals surface area contributed by atoms with Crippen LogP contribution in [0.5, 0.6) is 0 Å². The molecule has 0 saturated heterocycles. The molecule has 0 fully saturated rings. The Hall–Kier alpha value is -1.14. The van der Waals surface area contributed by atoms with Crippen molar-refractivity contribution in [1.29, 1.82) is 0 Å². The van der Waals surface area contributed by atoms with Crippen molar-refractivity contribution >= 4 is 22.4 Å². The van der Waals surface area contributed by atoms with Crippen molar-refractivity contribution in [2.45, 2.75) is 46.7 Å². The largest absolute Gasteiger partial charge is 0.354 e. The van der Waals surface area contributed by atoms with Crippen molar-refractivity contribution in [2.24, 2.45) is 0 Å². The summed E-state index contributed by atoms with van der Waals surface area (Å²) in [6.45, 7) is 11.6. The van der Waals surface area contributed by atoms with Gasteiger partial charge in [-0.15, -0.1) is 11.3 Å². The predicted octanol–water partition coefficient (Wildman–Crippen LogP) is 1.99. The zero-order valence-corrected chi connectivity index (χ0v) is 13.7. The van der Waals surface area contributed by atoms with Gasteiger partial charge in [0.15, 0.2) is 5.13 Å². The maximum atomic E-state index is 11.5. The number of aromatic nitrogens is 1. The fourth-order valence-corrected chi connectivity index (χ4v) is 2.83. The van der Waals surface area contributed by atoms with E-state index in [1.165, 1.54) is 4.88 Å². The van der Waals surface area contributed by atoms with Crippen LogP contribution in [-0.4, -0.2) is 36.6 Å². The van der Waals surface area contributed by atoms with Crippen LogP contribution in [0.15, 0.2) is 6.20 Å². The van der Waals surface area contributed by atoms with E-state index in [4.69, 9.17) is 0 Å². The van der Waals surface area contributed by atoms with Gasteiger partial charge in [0.2, 0.25) is 5.91 Å². The van der Waals surface area contributed by atoms with Crippen LogP contribution >= 0.6 is 11.3 Å². The maximum Gasteiger partial charge on any atom is 0.221 e. The summed E-state index contributed by atoms with van der Waals surface area (Å²) in [4.78, 5) is 19.4. The molecule has 1 amide bonds. The molecular weight excluding hydrogens is 272 g/mol. The van der Waals surface area contributed by atoms with Gasteiger partial charge >= 0.3 is 0 Å². The third kappa shape index (κ3) is 5.88. The molecule has 0 bridgehead atoms. The van der Waals surface area contributed by atoms with Gasteiger partial charge in [0.1, 0.15) is 0 Å². The Morgan fingerprint density at radius 1 is 1.40 bits per heavy atom. The van der Waals surface area contributed by atoms with Gasteiger partial charge in [-0.05, 0) is 27.7 Å². The first-order chi connectivity index (χ1) is 9.56. The second-order valence-corrected chi connectivity index (χ2v) is 6.02. The molecule has 0 aliphatic carbocycles. The average Bonchev–Trinajstić information content (AvgIpc) is 2.84. The van der Waals surface area contributed by atoms with Crippen LogP contribution in [0.1, 0.15) is 39.0 Å². The first-order valence-electron chi connectivity index (χ1n) is 7.26. The highest BCUT2D eigenvalue weighted by Crippen LogP contribution is 2.21. The lowest BCUT2D eigenvalue weighted by Crippen LogP contribution is -2.32. The van der Waals surface area contributed by atoms with E-state index in [2.05, 4.69) is 34.4 Å². The molecular formula is C14H26N4OS. The Kier molecular flexibility index (Phi) is 7.54. The van der Waals surface area contributed by atoms with Crippen molar-refractivity contribution in [2.75, 3.05) is 24.5 Å². The summed E-state index contributed by atoms with van der Waals surface area (Å²) in [6, 6.07) is 0.209. The second kappa shape index (κ2) is 8.92. The molecule has 6 heteroatoms. The number of amides is 1. The minimum atomic E-state index is 0.0978. The number of anilines is 1. The topological polar surface area (TPSA) is 57.3 Å². The number of nitrogens with one attached hydrogen (secondary N) is 2. The highest BCUT2D eigenvalue weighted by atomic mass is 32.1. The molecule has 2 N–H and O–H groups in total. The molecule has 114 valence electrons. The van der Waals surface area contributed by atoms with Gasteiger partial charge in [-0.25, -0.2) is 4.98 Å². The van der Waals surface area contributed by atoms with Gasteiger partial charge in [-0.2, -0.15) is 0 Å². The molecule has 20 heavy (non-hydrogen) atoms. The van der Waals surface area contributed by atoms with Crippen LogP contribution in [-0.2, 0) is 11.3 Å². The Morgan fingerprint density at radius 2 is 2.10 bits per heavy atom. The number of nitrogens with zero attached hydrogens (tertiary/aromatic N) is 2. The van der Waals surface area contributed by atoms with Crippen LogP contribution < -0.4 is 15.5 Å². The third-order valence-corrected chi connectivity index (χ3v) is 3.91. The van der Waals surface area contributed by atoms with Crippen LogP contribution in [0.25, 0.3) is 0 Å². The minimum Gasteiger partial charge on any atom is -0.354 e. The third-order valence-electron chi connectivity index (χ3n) is 2.85. The Balaban J connectivity index is 2.27. The van der Waals surface area contributed by atoms with E-state index in [-0.39, 0.29) is 11.9 Å². The summed E-state index contributed by atoms with van der Waals surface area (Å²) >= 11 is 1.71. The van der Waals surface area contributed by atoms with Crippen molar-refractivity contribution in [3.8, 4) is 0 Å². The number of carbonyl (C=O) groups is 1. The minimum absolute atomic E-state index is 0.0978. The molecule has 1 aromatic rings. The summed E-state index contributed by atoms with van der Waals surface area (Å²) in [5.74, 6) is 0.0978. The highest BCUT2D eigenvalue weighted by molar-refractivity contribution is 7.15. The summed E-state index contributed by atoms with van der Waals surface area (Å²) in [5, 5.41) is 7.24. The molecule has 0 aromatic carbocycles. The van der Waals surface area contributed by atoms with Crippen molar-refractivity contribution in [1.82, 2.24) is 15.6 Å². The number of rotatable bonds is 9. The number of hydrogen-bond donors (Lipinski definition) is 2. The van der Waals surface area contributed by atoms with Gasteiger partial charge in [-0.1, -0.05) is 0 Å². The van der Waals surface area contributed by atoms with Crippen molar-refractivity contribution < 1.29 is 4.79 Å². The van der Waals surface area contributed by atoms with E-state index in [0.717, 1.165) is 24.8 Å². The Bertz CT molecular complexity index is 402. The van der Waals surface area contributed by atoms with Gasteiger partial charge in [-0.3, -0.25) is 4.79 Å². The molecule has 0 saturated carbocycles. The lowest BCUT2D eigenvalue weighted by molar-refractivity contribution is -0.121. The van der Waals surface area contributed by atoms with Gasteiger partial charge in [0, 0.05) is 49.7 Å². The van der Waals surface area contributed by atoms with Crippen molar-refractivity contribution in [3.05, 3.63) is 11.1 Å². The average molecular weight is 298 g/mol. The first-order valence-corrected chi connectivity index (χ1v) is 8.08. The highest BCUT2D eigenvalue weighted by Gasteiger charge is 2.07. The van der Waals surface area contributed by atoms with Crippen LogP contribution in [0.4, 0.5) is 5.13 Å². The van der Waals surface area contributed by atoms with E-state index < -0.39 is 0 Å². The van der Waals surface area contributed by atoms with Gasteiger partial charge in [0.25, 0.3) is 0 Å². The van der Waals surface area contributed by atoms with Crippen LogP contribution in [0.3, 0.4) is 0 Å². The van der Waals surface area contributed by atoms with E-state index in [0.29, 0.717) is 13.0 Å². The predicted molar refractivity (Wildman–Crippen MR) is 85.3 cm³/mol. The Morgan fingerprint density at radius 3 is 2.70 bits per heavy atom. The molecule has 0 unspecified atom stereocenters.